The zero-order chi connectivity index (χ0) is 15.1. The Hall–Kier alpha value is -2.21. The van der Waals surface area contributed by atoms with Crippen LogP contribution in [0.15, 0.2) is 48.7 Å². The molecule has 0 saturated heterocycles. The molecule has 1 aromatic carbocycles. The number of anilines is 1. The Morgan fingerprint density at radius 2 is 2.05 bits per heavy atom. The maximum absolute atomic E-state index is 11.6. The van der Waals surface area contributed by atoms with E-state index in [4.69, 9.17) is 4.74 Å². The zero-order valence-corrected chi connectivity index (χ0v) is 12.6. The summed E-state index contributed by atoms with van der Waals surface area (Å²) in [6, 6.07) is 12.7. The molecule has 0 aliphatic heterocycles. The van der Waals surface area contributed by atoms with Gasteiger partial charge in [0.2, 0.25) is 0 Å². The van der Waals surface area contributed by atoms with Gasteiger partial charge in [0, 0.05) is 6.20 Å². The number of alkyl halides is 1. The van der Waals surface area contributed by atoms with Crippen LogP contribution in [0.3, 0.4) is 0 Å². The van der Waals surface area contributed by atoms with E-state index in [9.17, 15) is 9.59 Å². The predicted octanol–water partition coefficient (Wildman–Crippen LogP) is 3.47. The average Bonchev–Trinajstić information content (AvgIpc) is 2.54. The van der Waals surface area contributed by atoms with Gasteiger partial charge in [0.1, 0.15) is 18.7 Å². The van der Waals surface area contributed by atoms with Gasteiger partial charge in [-0.2, -0.15) is 0 Å². The Balaban J connectivity index is 1.86. The van der Waals surface area contributed by atoms with Crippen LogP contribution >= 0.6 is 15.9 Å². The number of hydrogen-bond acceptors (Lipinski definition) is 4. The zero-order valence-electron chi connectivity index (χ0n) is 11.0. The lowest BCUT2D eigenvalue weighted by Gasteiger charge is -2.07. The fourth-order valence-corrected chi connectivity index (χ4v) is 1.86. The van der Waals surface area contributed by atoms with Gasteiger partial charge in [0.25, 0.3) is 0 Å². The number of amides is 1. The van der Waals surface area contributed by atoms with Gasteiger partial charge in [-0.25, -0.2) is 9.78 Å². The van der Waals surface area contributed by atoms with Crippen molar-refractivity contribution in [2.75, 3.05) is 5.32 Å². The highest BCUT2D eigenvalue weighted by atomic mass is 79.9. The van der Waals surface area contributed by atoms with Crippen LogP contribution < -0.4 is 5.32 Å². The largest absolute Gasteiger partial charge is 0.444 e. The van der Waals surface area contributed by atoms with Crippen molar-refractivity contribution in [3.63, 3.8) is 0 Å². The number of nitrogens with one attached hydrogen (secondary N) is 1. The number of benzene rings is 1. The van der Waals surface area contributed by atoms with E-state index in [-0.39, 0.29) is 6.61 Å². The third-order valence-electron chi connectivity index (χ3n) is 2.67. The number of carbonyl (C=O) groups is 2. The second kappa shape index (κ2) is 7.54. The minimum atomic E-state index is -0.579. The van der Waals surface area contributed by atoms with Crippen LogP contribution in [-0.4, -0.2) is 17.4 Å². The summed E-state index contributed by atoms with van der Waals surface area (Å²) in [6.07, 6.45) is 1.70. The molecule has 5 nitrogen and oxygen atoms in total. The standard InChI is InChI=1S/C15H13BrN2O3/c16-13(9-19)12-6-7-14(17-8-12)18-15(20)21-10-11-4-2-1-3-5-11/h1-9,13H,10H2,(H,17,18,20). The second-order valence-electron chi connectivity index (χ2n) is 4.20. The molecule has 0 fully saturated rings. The summed E-state index contributed by atoms with van der Waals surface area (Å²) in [4.78, 5) is 25.9. The quantitative estimate of drug-likeness (QED) is 0.663. The molecule has 0 spiro atoms. The molecule has 1 amide bonds. The van der Waals surface area contributed by atoms with E-state index < -0.39 is 10.9 Å². The number of nitrogens with zero attached hydrogens (tertiary/aromatic N) is 1. The van der Waals surface area contributed by atoms with Gasteiger partial charge < -0.3 is 9.53 Å². The first kappa shape index (κ1) is 15.2. The van der Waals surface area contributed by atoms with E-state index in [1.807, 2.05) is 30.3 Å². The van der Waals surface area contributed by atoms with Crippen molar-refractivity contribution >= 4 is 34.1 Å². The number of ether oxygens (including phenoxy) is 1. The number of halogens is 1. The van der Waals surface area contributed by atoms with Crippen molar-refractivity contribution in [2.24, 2.45) is 0 Å². The van der Waals surface area contributed by atoms with Crippen molar-refractivity contribution in [1.82, 2.24) is 4.98 Å². The Morgan fingerprint density at radius 3 is 2.67 bits per heavy atom. The van der Waals surface area contributed by atoms with Crippen molar-refractivity contribution in [3.8, 4) is 0 Å². The number of rotatable bonds is 5. The summed E-state index contributed by atoms with van der Waals surface area (Å²) in [5.41, 5.74) is 1.62. The number of carbonyl (C=O) groups excluding carboxylic acids is 2. The summed E-state index contributed by atoms with van der Waals surface area (Å²) in [5.74, 6) is 0.363. The van der Waals surface area contributed by atoms with Crippen molar-refractivity contribution in [3.05, 3.63) is 59.8 Å². The lowest BCUT2D eigenvalue weighted by Crippen LogP contribution is -2.14. The maximum Gasteiger partial charge on any atom is 0.413 e. The second-order valence-corrected chi connectivity index (χ2v) is 5.19. The molecule has 108 valence electrons. The fraction of sp³-hybridized carbons (Fsp3) is 0.133. The Morgan fingerprint density at radius 1 is 1.29 bits per heavy atom. The smallest absolute Gasteiger partial charge is 0.413 e. The molecule has 6 heteroatoms. The first-order valence-electron chi connectivity index (χ1n) is 6.22. The first-order valence-corrected chi connectivity index (χ1v) is 7.13. The molecule has 0 saturated carbocycles. The number of pyridine rings is 1. The molecule has 1 aromatic heterocycles. The van der Waals surface area contributed by atoms with Crippen LogP contribution in [0.1, 0.15) is 16.0 Å². The average molecular weight is 349 g/mol. The number of aldehydes is 1. The third-order valence-corrected chi connectivity index (χ3v) is 3.41. The van der Waals surface area contributed by atoms with Gasteiger partial charge in [0.05, 0.1) is 4.83 Å². The molecule has 0 radical (unpaired) electrons. The molecule has 1 N–H and O–H groups in total. The molecule has 2 rings (SSSR count). The molecular formula is C15H13BrN2O3. The van der Waals surface area contributed by atoms with Crippen molar-refractivity contribution < 1.29 is 14.3 Å². The Bertz CT molecular complexity index is 602. The molecule has 1 unspecified atom stereocenters. The van der Waals surface area contributed by atoms with E-state index in [0.717, 1.165) is 11.8 Å². The van der Waals surface area contributed by atoms with Crippen LogP contribution in [0.4, 0.5) is 10.6 Å². The van der Waals surface area contributed by atoms with Crippen LogP contribution in [-0.2, 0) is 16.1 Å². The minimum Gasteiger partial charge on any atom is -0.444 e. The predicted molar refractivity (Wildman–Crippen MR) is 82.2 cm³/mol. The van der Waals surface area contributed by atoms with E-state index in [1.165, 1.54) is 6.20 Å². The monoisotopic (exact) mass is 348 g/mol. The molecule has 1 atom stereocenters. The minimum absolute atomic E-state index is 0.194. The lowest BCUT2D eigenvalue weighted by molar-refractivity contribution is -0.107. The van der Waals surface area contributed by atoms with E-state index in [1.54, 1.807) is 12.1 Å². The van der Waals surface area contributed by atoms with Gasteiger partial charge in [-0.15, -0.1) is 0 Å². The summed E-state index contributed by atoms with van der Waals surface area (Å²) in [5, 5.41) is 2.52. The normalized spacial score (nSPS) is 11.5. The van der Waals surface area contributed by atoms with E-state index >= 15 is 0 Å². The Kier molecular flexibility index (Phi) is 5.45. The van der Waals surface area contributed by atoms with Crippen molar-refractivity contribution in [2.45, 2.75) is 11.4 Å². The molecule has 21 heavy (non-hydrogen) atoms. The SMILES string of the molecule is O=CC(Br)c1ccc(NC(=O)OCc2ccccc2)nc1. The molecular weight excluding hydrogens is 336 g/mol. The summed E-state index contributed by atoms with van der Waals surface area (Å²) < 4.78 is 5.08. The third kappa shape index (κ3) is 4.68. The summed E-state index contributed by atoms with van der Waals surface area (Å²) in [6.45, 7) is 0.194. The summed E-state index contributed by atoms with van der Waals surface area (Å²) >= 11 is 3.19. The number of aromatic nitrogens is 1. The van der Waals surface area contributed by atoms with E-state index in [0.29, 0.717) is 11.4 Å². The first-order chi connectivity index (χ1) is 10.2. The van der Waals surface area contributed by atoms with Crippen molar-refractivity contribution in [1.29, 1.82) is 0 Å². The molecule has 0 bridgehead atoms. The molecule has 0 aliphatic rings. The van der Waals surface area contributed by atoms with Gasteiger partial charge in [-0.1, -0.05) is 52.3 Å². The summed E-state index contributed by atoms with van der Waals surface area (Å²) in [7, 11) is 0. The maximum atomic E-state index is 11.6. The molecule has 2 aromatic rings. The van der Waals surface area contributed by atoms with Gasteiger partial charge in [-0.3, -0.25) is 5.32 Å². The topological polar surface area (TPSA) is 68.3 Å². The van der Waals surface area contributed by atoms with Crippen LogP contribution in [0.25, 0.3) is 0 Å². The fourth-order valence-electron chi connectivity index (χ4n) is 1.58. The van der Waals surface area contributed by atoms with Crippen LogP contribution in [0.5, 0.6) is 0 Å². The van der Waals surface area contributed by atoms with E-state index in [2.05, 4.69) is 26.2 Å². The highest BCUT2D eigenvalue weighted by Crippen LogP contribution is 2.20. The van der Waals surface area contributed by atoms with Gasteiger partial charge in [-0.05, 0) is 17.2 Å². The highest BCUT2D eigenvalue weighted by molar-refractivity contribution is 9.09. The van der Waals surface area contributed by atoms with Crippen LogP contribution in [0, 0.1) is 0 Å². The Labute approximate surface area is 130 Å². The van der Waals surface area contributed by atoms with Gasteiger partial charge in [0.15, 0.2) is 0 Å². The lowest BCUT2D eigenvalue weighted by atomic mass is 10.2. The highest BCUT2D eigenvalue weighted by Gasteiger charge is 2.08. The number of hydrogen-bond donors (Lipinski definition) is 1. The molecule has 0 aliphatic carbocycles. The molecule has 1 heterocycles. The van der Waals surface area contributed by atoms with Gasteiger partial charge >= 0.3 is 6.09 Å². The van der Waals surface area contributed by atoms with Crippen LogP contribution in [0.2, 0.25) is 0 Å².